The summed E-state index contributed by atoms with van der Waals surface area (Å²) in [4.78, 5) is 15.4. The highest BCUT2D eigenvalue weighted by atomic mass is 32.1. The molecule has 2 N–H and O–H groups in total. The number of nitrogens with one attached hydrogen (secondary N) is 2. The van der Waals surface area contributed by atoms with Crippen LogP contribution in [-0.4, -0.2) is 37.1 Å². The zero-order valence-electron chi connectivity index (χ0n) is 14.3. The van der Waals surface area contributed by atoms with Gasteiger partial charge in [-0.25, -0.2) is 9.97 Å². The maximum Gasteiger partial charge on any atom is 0.191 e. The van der Waals surface area contributed by atoms with Crippen LogP contribution in [0, 0.1) is 0 Å². The normalized spacial score (nSPS) is 11.8. The SMILES string of the molecule is CN=C(NCc1csc(C(C)C)n1)NCc1csc(N(C)C)n1. The number of aliphatic imine (C=N–C) groups is 1. The molecule has 0 aromatic carbocycles. The Morgan fingerprint density at radius 1 is 1.13 bits per heavy atom. The molecule has 2 rings (SSSR count). The molecule has 126 valence electrons. The lowest BCUT2D eigenvalue weighted by Crippen LogP contribution is -2.36. The Balaban J connectivity index is 1.82. The number of nitrogens with zero attached hydrogens (tertiary/aromatic N) is 4. The van der Waals surface area contributed by atoms with Gasteiger partial charge in [0.05, 0.1) is 29.5 Å². The highest BCUT2D eigenvalue weighted by Gasteiger charge is 2.07. The van der Waals surface area contributed by atoms with E-state index in [-0.39, 0.29) is 0 Å². The maximum atomic E-state index is 4.61. The van der Waals surface area contributed by atoms with Crippen LogP contribution >= 0.6 is 22.7 Å². The molecule has 0 atom stereocenters. The number of hydrogen-bond donors (Lipinski definition) is 2. The van der Waals surface area contributed by atoms with Crippen molar-refractivity contribution >= 4 is 33.8 Å². The third kappa shape index (κ3) is 5.18. The largest absolute Gasteiger partial charge is 0.354 e. The highest BCUT2D eigenvalue weighted by Crippen LogP contribution is 2.19. The van der Waals surface area contributed by atoms with E-state index >= 15 is 0 Å². The van der Waals surface area contributed by atoms with Crippen molar-refractivity contribution in [3.8, 4) is 0 Å². The molecule has 0 amide bonds. The third-order valence-electron chi connectivity index (χ3n) is 3.08. The van der Waals surface area contributed by atoms with E-state index in [1.807, 2.05) is 19.0 Å². The fraction of sp³-hybridized carbons (Fsp3) is 0.533. The third-order valence-corrected chi connectivity index (χ3v) is 5.33. The van der Waals surface area contributed by atoms with E-state index in [4.69, 9.17) is 0 Å². The van der Waals surface area contributed by atoms with E-state index in [0.29, 0.717) is 19.0 Å². The van der Waals surface area contributed by atoms with Crippen molar-refractivity contribution in [2.24, 2.45) is 4.99 Å². The van der Waals surface area contributed by atoms with E-state index < -0.39 is 0 Å². The first-order valence-electron chi connectivity index (χ1n) is 7.50. The Bertz CT molecular complexity index is 592. The first-order chi connectivity index (χ1) is 11.0. The molecular formula is C15H24N6S2. The Morgan fingerprint density at radius 3 is 2.22 bits per heavy atom. The van der Waals surface area contributed by atoms with Crippen LogP contribution in [0.25, 0.3) is 0 Å². The van der Waals surface area contributed by atoms with Gasteiger partial charge in [0.25, 0.3) is 0 Å². The second-order valence-corrected chi connectivity index (χ2v) is 7.35. The molecule has 2 heterocycles. The van der Waals surface area contributed by atoms with Crippen LogP contribution in [-0.2, 0) is 13.1 Å². The van der Waals surface area contributed by atoms with E-state index in [1.165, 1.54) is 5.01 Å². The van der Waals surface area contributed by atoms with Gasteiger partial charge in [-0.2, -0.15) is 0 Å². The van der Waals surface area contributed by atoms with E-state index in [1.54, 1.807) is 29.7 Å². The monoisotopic (exact) mass is 352 g/mol. The number of aromatic nitrogens is 2. The molecule has 0 bridgehead atoms. The van der Waals surface area contributed by atoms with Crippen molar-refractivity contribution in [3.05, 3.63) is 27.2 Å². The molecule has 23 heavy (non-hydrogen) atoms. The lowest BCUT2D eigenvalue weighted by molar-refractivity contribution is 0.777. The van der Waals surface area contributed by atoms with Gasteiger partial charge < -0.3 is 15.5 Å². The van der Waals surface area contributed by atoms with Crippen molar-refractivity contribution in [3.63, 3.8) is 0 Å². The summed E-state index contributed by atoms with van der Waals surface area (Å²) >= 11 is 3.35. The molecule has 8 heteroatoms. The van der Waals surface area contributed by atoms with Crippen molar-refractivity contribution < 1.29 is 0 Å². The van der Waals surface area contributed by atoms with Gasteiger partial charge in [-0.15, -0.1) is 22.7 Å². The number of guanidine groups is 1. The quantitative estimate of drug-likeness (QED) is 0.618. The van der Waals surface area contributed by atoms with Gasteiger partial charge >= 0.3 is 0 Å². The fourth-order valence-electron chi connectivity index (χ4n) is 1.82. The first-order valence-corrected chi connectivity index (χ1v) is 9.26. The predicted octanol–water partition coefficient (Wildman–Crippen LogP) is 2.65. The Morgan fingerprint density at radius 2 is 1.74 bits per heavy atom. The van der Waals surface area contributed by atoms with Gasteiger partial charge in [-0.1, -0.05) is 13.8 Å². The molecule has 0 radical (unpaired) electrons. The molecule has 2 aromatic heterocycles. The summed E-state index contributed by atoms with van der Waals surface area (Å²) in [5, 5.41) is 12.9. The fourth-order valence-corrected chi connectivity index (χ4v) is 3.41. The lowest BCUT2D eigenvalue weighted by Gasteiger charge is -2.10. The van der Waals surface area contributed by atoms with Crippen LogP contribution in [0.15, 0.2) is 15.8 Å². The Hall–Kier alpha value is -1.67. The number of thiazole rings is 2. The minimum Gasteiger partial charge on any atom is -0.354 e. The number of anilines is 1. The summed E-state index contributed by atoms with van der Waals surface area (Å²) in [6.45, 7) is 5.64. The van der Waals surface area contributed by atoms with Crippen molar-refractivity contribution in [2.45, 2.75) is 32.9 Å². The molecule has 0 fully saturated rings. The topological polar surface area (TPSA) is 65.4 Å². The van der Waals surface area contributed by atoms with Crippen molar-refractivity contribution in [1.82, 2.24) is 20.6 Å². The lowest BCUT2D eigenvalue weighted by atomic mass is 10.2. The van der Waals surface area contributed by atoms with Gasteiger partial charge in [0, 0.05) is 37.8 Å². The summed E-state index contributed by atoms with van der Waals surface area (Å²) in [7, 11) is 5.76. The predicted molar refractivity (Wildman–Crippen MR) is 99.7 cm³/mol. The maximum absolute atomic E-state index is 4.61. The molecule has 0 unspecified atom stereocenters. The van der Waals surface area contributed by atoms with Gasteiger partial charge in [0.1, 0.15) is 0 Å². The number of rotatable bonds is 6. The molecule has 0 spiro atoms. The minimum absolute atomic E-state index is 0.474. The highest BCUT2D eigenvalue weighted by molar-refractivity contribution is 7.13. The molecule has 2 aromatic rings. The molecule has 0 aliphatic heterocycles. The molecule has 0 saturated carbocycles. The zero-order chi connectivity index (χ0) is 16.8. The van der Waals surface area contributed by atoms with Gasteiger partial charge in [-0.3, -0.25) is 4.99 Å². The van der Waals surface area contributed by atoms with Crippen LogP contribution in [0.2, 0.25) is 0 Å². The van der Waals surface area contributed by atoms with Crippen molar-refractivity contribution in [2.75, 3.05) is 26.0 Å². The summed E-state index contributed by atoms with van der Waals surface area (Å²) in [5.41, 5.74) is 2.06. The molecule has 6 nitrogen and oxygen atoms in total. The molecule has 0 aliphatic rings. The summed E-state index contributed by atoms with van der Waals surface area (Å²) in [6.07, 6.45) is 0. The van der Waals surface area contributed by atoms with Crippen LogP contribution in [0.3, 0.4) is 0 Å². The van der Waals surface area contributed by atoms with Crippen LogP contribution < -0.4 is 15.5 Å². The van der Waals surface area contributed by atoms with Crippen LogP contribution in [0.1, 0.15) is 36.2 Å². The van der Waals surface area contributed by atoms with E-state index in [2.05, 4.69) is 50.2 Å². The summed E-state index contributed by atoms with van der Waals surface area (Å²) < 4.78 is 0. The summed E-state index contributed by atoms with van der Waals surface area (Å²) in [5.74, 6) is 1.23. The minimum atomic E-state index is 0.474. The Labute approximate surface area is 145 Å². The van der Waals surface area contributed by atoms with Crippen molar-refractivity contribution in [1.29, 1.82) is 0 Å². The average Bonchev–Trinajstić information content (AvgIpc) is 3.16. The van der Waals surface area contributed by atoms with E-state index in [0.717, 1.165) is 22.5 Å². The van der Waals surface area contributed by atoms with Gasteiger partial charge in [-0.05, 0) is 0 Å². The summed E-state index contributed by atoms with van der Waals surface area (Å²) in [6, 6.07) is 0. The molecule has 0 saturated heterocycles. The second kappa shape index (κ2) is 8.26. The smallest absolute Gasteiger partial charge is 0.191 e. The first kappa shape index (κ1) is 17.7. The molecular weight excluding hydrogens is 328 g/mol. The average molecular weight is 353 g/mol. The van der Waals surface area contributed by atoms with Gasteiger partial charge in [0.15, 0.2) is 11.1 Å². The zero-order valence-corrected chi connectivity index (χ0v) is 15.9. The number of hydrogen-bond acceptors (Lipinski definition) is 6. The second-order valence-electron chi connectivity index (χ2n) is 5.63. The Kier molecular flexibility index (Phi) is 6.35. The van der Waals surface area contributed by atoms with Gasteiger partial charge in [0.2, 0.25) is 0 Å². The van der Waals surface area contributed by atoms with Crippen LogP contribution in [0.4, 0.5) is 5.13 Å². The van der Waals surface area contributed by atoms with Crippen LogP contribution in [0.5, 0.6) is 0 Å². The molecule has 0 aliphatic carbocycles. The van der Waals surface area contributed by atoms with E-state index in [9.17, 15) is 0 Å². The standard InChI is InChI=1S/C15H24N6S2/c1-10(2)13-19-11(8-22-13)6-17-14(16-3)18-7-12-9-23-15(20-12)21(4)5/h8-10H,6-7H2,1-5H3,(H2,16,17,18).